The highest BCUT2D eigenvalue weighted by atomic mass is 32.2. The molecule has 0 aliphatic rings. The Balaban J connectivity index is 1.76. The largest absolute Gasteiger partial charge is 0.497 e. The Labute approximate surface area is 198 Å². The van der Waals surface area contributed by atoms with Crippen LogP contribution in [0.4, 0.5) is 10.5 Å². The summed E-state index contributed by atoms with van der Waals surface area (Å²) in [6, 6.07) is 16.6. The number of allylic oxidation sites excluding steroid dienone is 1. The van der Waals surface area contributed by atoms with Crippen molar-refractivity contribution in [3.63, 3.8) is 0 Å². The Hall–Kier alpha value is -4.11. The zero-order valence-corrected chi connectivity index (χ0v) is 19.7. The number of para-hydroxylation sites is 1. The van der Waals surface area contributed by atoms with Crippen molar-refractivity contribution in [2.24, 2.45) is 0 Å². The second kappa shape index (κ2) is 10.7. The van der Waals surface area contributed by atoms with E-state index in [-0.39, 0.29) is 16.1 Å². The molecule has 0 radical (unpaired) electrons. The Kier molecular flexibility index (Phi) is 7.70. The van der Waals surface area contributed by atoms with Crippen LogP contribution < -0.4 is 19.5 Å². The lowest BCUT2D eigenvalue weighted by atomic mass is 10.1. The number of sulfonamides is 1. The van der Waals surface area contributed by atoms with Gasteiger partial charge in [0.05, 0.1) is 24.8 Å². The molecule has 3 aromatic carbocycles. The number of amides is 2. The fourth-order valence-electron chi connectivity index (χ4n) is 3.06. The van der Waals surface area contributed by atoms with Gasteiger partial charge in [0.1, 0.15) is 11.5 Å². The maximum absolute atomic E-state index is 12.8. The molecule has 9 heteroatoms. The minimum Gasteiger partial charge on any atom is -0.497 e. The number of hydrogen-bond acceptors (Lipinski definition) is 6. The van der Waals surface area contributed by atoms with Crippen molar-refractivity contribution >= 4 is 33.6 Å². The lowest BCUT2D eigenvalue weighted by Gasteiger charge is -2.11. The van der Waals surface area contributed by atoms with Crippen molar-refractivity contribution < 1.29 is 27.5 Å². The van der Waals surface area contributed by atoms with Gasteiger partial charge in [-0.25, -0.2) is 17.9 Å². The number of anilines is 1. The monoisotopic (exact) mass is 480 g/mol. The smallest absolute Gasteiger partial charge is 0.333 e. The van der Waals surface area contributed by atoms with Gasteiger partial charge in [-0.3, -0.25) is 4.79 Å². The lowest BCUT2D eigenvalue weighted by Crippen LogP contribution is -2.34. The Morgan fingerprint density at radius 1 is 0.912 bits per heavy atom. The van der Waals surface area contributed by atoms with Crippen molar-refractivity contribution in [1.82, 2.24) is 4.72 Å². The summed E-state index contributed by atoms with van der Waals surface area (Å²) in [6.07, 6.45) is 2.92. The van der Waals surface area contributed by atoms with Crippen LogP contribution in [0.1, 0.15) is 21.5 Å². The van der Waals surface area contributed by atoms with Crippen LogP contribution in [0.15, 0.2) is 77.7 Å². The number of urea groups is 1. The van der Waals surface area contributed by atoms with Crippen LogP contribution >= 0.6 is 0 Å². The van der Waals surface area contributed by atoms with Gasteiger partial charge >= 0.3 is 6.03 Å². The summed E-state index contributed by atoms with van der Waals surface area (Å²) in [6.45, 7) is 1.82. The van der Waals surface area contributed by atoms with E-state index in [1.54, 1.807) is 55.7 Å². The number of benzene rings is 3. The first-order valence-electron chi connectivity index (χ1n) is 10.2. The molecule has 0 saturated heterocycles. The topological polar surface area (TPSA) is 111 Å². The standard InChI is InChI=1S/C25H24N2O6S/c1-17-8-13-20(14-9-17)34(30,31)27-25(29)26-22-7-5-4-6-21(22)23(28)15-11-18-10-12-19(32-2)16-24(18)33-3/h4-16H,1-3H3,(H2,26,27,29)/b15-11+. The number of aryl methyl sites for hydroxylation is 1. The molecule has 2 N–H and O–H groups in total. The quantitative estimate of drug-likeness (QED) is 0.365. The summed E-state index contributed by atoms with van der Waals surface area (Å²) < 4.78 is 37.4. The molecule has 0 bridgehead atoms. The van der Waals surface area contributed by atoms with Crippen LogP contribution in [0.2, 0.25) is 0 Å². The summed E-state index contributed by atoms with van der Waals surface area (Å²) in [5, 5.41) is 2.44. The van der Waals surface area contributed by atoms with Crippen molar-refractivity contribution in [2.75, 3.05) is 19.5 Å². The third-order valence-corrected chi connectivity index (χ3v) is 6.20. The van der Waals surface area contributed by atoms with E-state index in [0.29, 0.717) is 17.1 Å². The van der Waals surface area contributed by atoms with Gasteiger partial charge in [-0.05, 0) is 55.5 Å². The highest BCUT2D eigenvalue weighted by Crippen LogP contribution is 2.26. The van der Waals surface area contributed by atoms with Gasteiger partial charge in [0.2, 0.25) is 0 Å². The minimum absolute atomic E-state index is 0.0472. The fraction of sp³-hybridized carbons (Fsp3) is 0.120. The molecule has 0 fully saturated rings. The second-order valence-electron chi connectivity index (χ2n) is 7.22. The number of methoxy groups -OCH3 is 2. The molecule has 0 saturated carbocycles. The molecule has 0 aliphatic heterocycles. The first kappa shape index (κ1) is 24.5. The number of ether oxygens (including phenoxy) is 2. The summed E-state index contributed by atoms with van der Waals surface area (Å²) in [5.41, 5.74) is 1.89. The predicted molar refractivity (Wildman–Crippen MR) is 130 cm³/mol. The molecular formula is C25H24N2O6S. The van der Waals surface area contributed by atoms with E-state index in [0.717, 1.165) is 5.56 Å². The summed E-state index contributed by atoms with van der Waals surface area (Å²) in [7, 11) is -1.02. The zero-order chi connectivity index (χ0) is 24.7. The minimum atomic E-state index is -4.07. The molecule has 0 aromatic heterocycles. The maximum Gasteiger partial charge on any atom is 0.333 e. The van der Waals surface area contributed by atoms with E-state index in [9.17, 15) is 18.0 Å². The van der Waals surface area contributed by atoms with E-state index in [1.807, 2.05) is 11.6 Å². The van der Waals surface area contributed by atoms with E-state index < -0.39 is 21.8 Å². The molecule has 2 amide bonds. The Morgan fingerprint density at radius 3 is 2.29 bits per heavy atom. The van der Waals surface area contributed by atoms with Crippen molar-refractivity contribution in [1.29, 1.82) is 0 Å². The molecule has 0 atom stereocenters. The molecule has 34 heavy (non-hydrogen) atoms. The van der Waals surface area contributed by atoms with E-state index in [2.05, 4.69) is 5.32 Å². The third-order valence-electron chi connectivity index (χ3n) is 4.85. The van der Waals surface area contributed by atoms with Gasteiger partial charge < -0.3 is 14.8 Å². The van der Waals surface area contributed by atoms with Crippen LogP contribution in [0, 0.1) is 6.92 Å². The van der Waals surface area contributed by atoms with Gasteiger partial charge in [0.15, 0.2) is 5.78 Å². The van der Waals surface area contributed by atoms with Crippen molar-refractivity contribution in [3.8, 4) is 11.5 Å². The number of carbonyl (C=O) groups excluding carboxylic acids is 2. The van der Waals surface area contributed by atoms with E-state index >= 15 is 0 Å². The second-order valence-corrected chi connectivity index (χ2v) is 8.91. The summed E-state index contributed by atoms with van der Waals surface area (Å²) in [5.74, 6) is 0.743. The van der Waals surface area contributed by atoms with E-state index in [4.69, 9.17) is 9.47 Å². The highest BCUT2D eigenvalue weighted by molar-refractivity contribution is 7.90. The molecule has 0 spiro atoms. The van der Waals surface area contributed by atoms with Gasteiger partial charge in [-0.15, -0.1) is 0 Å². The van der Waals surface area contributed by atoms with Crippen LogP contribution in [-0.2, 0) is 10.0 Å². The summed E-state index contributed by atoms with van der Waals surface area (Å²) >= 11 is 0. The van der Waals surface area contributed by atoms with Gasteiger partial charge in [0, 0.05) is 17.2 Å². The molecule has 3 rings (SSSR count). The van der Waals surface area contributed by atoms with Crippen LogP contribution in [0.3, 0.4) is 0 Å². The number of ketones is 1. The average molecular weight is 481 g/mol. The number of rotatable bonds is 8. The normalized spacial score (nSPS) is 11.1. The molecule has 0 aliphatic carbocycles. The summed E-state index contributed by atoms with van der Waals surface area (Å²) in [4.78, 5) is 25.2. The van der Waals surface area contributed by atoms with Crippen LogP contribution in [-0.4, -0.2) is 34.5 Å². The molecule has 8 nitrogen and oxygen atoms in total. The molecule has 0 unspecified atom stereocenters. The van der Waals surface area contributed by atoms with Gasteiger partial charge in [-0.1, -0.05) is 29.8 Å². The average Bonchev–Trinajstić information content (AvgIpc) is 2.82. The van der Waals surface area contributed by atoms with Gasteiger partial charge in [0.25, 0.3) is 10.0 Å². The number of nitrogens with one attached hydrogen (secondary N) is 2. The SMILES string of the molecule is COc1ccc(/C=C/C(=O)c2ccccc2NC(=O)NS(=O)(=O)c2ccc(C)cc2)c(OC)c1. The Bertz CT molecular complexity index is 1330. The zero-order valence-electron chi connectivity index (χ0n) is 18.9. The Morgan fingerprint density at radius 2 is 1.62 bits per heavy atom. The highest BCUT2D eigenvalue weighted by Gasteiger charge is 2.19. The molecule has 0 heterocycles. The molecular weight excluding hydrogens is 456 g/mol. The van der Waals surface area contributed by atoms with E-state index in [1.165, 1.54) is 37.5 Å². The number of hydrogen-bond donors (Lipinski definition) is 2. The molecule has 3 aromatic rings. The van der Waals surface area contributed by atoms with Crippen LogP contribution in [0.5, 0.6) is 11.5 Å². The first-order valence-corrected chi connectivity index (χ1v) is 11.7. The van der Waals surface area contributed by atoms with Gasteiger partial charge in [-0.2, -0.15) is 0 Å². The third kappa shape index (κ3) is 6.02. The predicted octanol–water partition coefficient (Wildman–Crippen LogP) is 4.42. The fourth-order valence-corrected chi connectivity index (χ4v) is 3.97. The van der Waals surface area contributed by atoms with Crippen LogP contribution in [0.25, 0.3) is 6.08 Å². The number of carbonyl (C=O) groups is 2. The first-order chi connectivity index (χ1) is 16.2. The molecule has 176 valence electrons. The van der Waals surface area contributed by atoms with Crippen molar-refractivity contribution in [3.05, 3.63) is 89.5 Å². The lowest BCUT2D eigenvalue weighted by molar-refractivity contribution is 0.104. The maximum atomic E-state index is 12.8. The van der Waals surface area contributed by atoms with Crippen molar-refractivity contribution in [2.45, 2.75) is 11.8 Å².